The van der Waals surface area contributed by atoms with E-state index in [9.17, 15) is 15.2 Å². The third-order valence-electron chi connectivity index (χ3n) is 5.99. The number of rotatable bonds is 9. The quantitative estimate of drug-likeness (QED) is 0.299. The molecule has 7 nitrogen and oxygen atoms in total. The van der Waals surface area contributed by atoms with Gasteiger partial charge in [-0.3, -0.25) is 4.79 Å². The molecule has 0 fully saturated rings. The van der Waals surface area contributed by atoms with E-state index >= 15 is 0 Å². The molecule has 0 aliphatic heterocycles. The van der Waals surface area contributed by atoms with Gasteiger partial charge in [0.2, 0.25) is 0 Å². The lowest BCUT2D eigenvalue weighted by atomic mass is 9.96. The first-order valence-electron chi connectivity index (χ1n) is 12.1. The number of nitrogens with zero attached hydrogens (tertiary/aromatic N) is 4. The smallest absolute Gasteiger partial charge is 0.304 e. The first-order chi connectivity index (χ1) is 17.9. The molecule has 4 aromatic rings. The van der Waals surface area contributed by atoms with E-state index in [4.69, 9.17) is 9.72 Å². The molecule has 186 valence electrons. The van der Waals surface area contributed by atoms with E-state index in [0.29, 0.717) is 18.8 Å². The van der Waals surface area contributed by atoms with E-state index in [1.54, 1.807) is 11.4 Å². The number of pyridine rings is 1. The molecule has 0 aliphatic rings. The fraction of sp³-hybridized carbons (Fsp3) is 0.267. The maximum Gasteiger partial charge on any atom is 0.304 e. The van der Waals surface area contributed by atoms with Crippen LogP contribution < -0.4 is 4.74 Å². The zero-order valence-corrected chi connectivity index (χ0v) is 21.1. The van der Waals surface area contributed by atoms with Crippen LogP contribution in [0.25, 0.3) is 16.8 Å². The molecular weight excluding hydrogens is 464 g/mol. The maximum absolute atomic E-state index is 11.2. The Hall–Kier alpha value is -4.62. The Kier molecular flexibility index (Phi) is 7.86. The van der Waals surface area contributed by atoms with Crippen LogP contribution in [-0.4, -0.2) is 25.7 Å². The van der Waals surface area contributed by atoms with Crippen molar-refractivity contribution < 1.29 is 14.6 Å². The minimum absolute atomic E-state index is 0.0482. The number of carbonyl (C=O) groups is 1. The monoisotopic (exact) mass is 492 g/mol. The van der Waals surface area contributed by atoms with Crippen molar-refractivity contribution in [3.8, 4) is 34.8 Å². The van der Waals surface area contributed by atoms with E-state index in [2.05, 4.69) is 36.9 Å². The average molecular weight is 493 g/mol. The van der Waals surface area contributed by atoms with Crippen LogP contribution in [0.15, 0.2) is 60.8 Å². The lowest BCUT2D eigenvalue weighted by Gasteiger charge is -2.13. The summed E-state index contributed by atoms with van der Waals surface area (Å²) < 4.78 is 7.86. The maximum atomic E-state index is 11.2. The summed E-state index contributed by atoms with van der Waals surface area (Å²) in [7, 11) is 0. The molecule has 0 unspecified atom stereocenters. The number of benzene rings is 2. The van der Waals surface area contributed by atoms with Crippen LogP contribution >= 0.6 is 0 Å². The van der Waals surface area contributed by atoms with Crippen molar-refractivity contribution in [3.05, 3.63) is 83.3 Å². The molecule has 0 bridgehead atoms. The van der Waals surface area contributed by atoms with Crippen LogP contribution in [0.2, 0.25) is 0 Å². The highest BCUT2D eigenvalue weighted by Gasteiger charge is 2.17. The summed E-state index contributed by atoms with van der Waals surface area (Å²) in [6.07, 6.45) is 2.16. The van der Waals surface area contributed by atoms with Crippen molar-refractivity contribution >= 4 is 11.6 Å². The van der Waals surface area contributed by atoms with Gasteiger partial charge in [-0.15, -0.1) is 5.92 Å². The fourth-order valence-corrected chi connectivity index (χ4v) is 4.17. The third-order valence-corrected chi connectivity index (χ3v) is 5.99. The molecule has 0 saturated heterocycles. The van der Waals surface area contributed by atoms with Gasteiger partial charge in [-0.25, -0.2) is 9.50 Å². The van der Waals surface area contributed by atoms with Crippen molar-refractivity contribution in [2.45, 2.75) is 52.1 Å². The summed E-state index contributed by atoms with van der Waals surface area (Å²) >= 11 is 0. The highest BCUT2D eigenvalue weighted by Crippen LogP contribution is 2.30. The van der Waals surface area contributed by atoms with Gasteiger partial charge in [-0.2, -0.15) is 10.4 Å². The molecular formula is C30H28N4O3. The van der Waals surface area contributed by atoms with Crippen LogP contribution in [0.1, 0.15) is 61.5 Å². The summed E-state index contributed by atoms with van der Waals surface area (Å²) in [5.74, 6) is 6.11. The van der Waals surface area contributed by atoms with Crippen molar-refractivity contribution in [2.75, 3.05) is 0 Å². The first kappa shape index (κ1) is 25.5. The Morgan fingerprint density at radius 2 is 1.89 bits per heavy atom. The van der Waals surface area contributed by atoms with E-state index in [1.807, 2.05) is 60.8 Å². The number of carboxylic acid groups (broad SMARTS) is 1. The van der Waals surface area contributed by atoms with Crippen molar-refractivity contribution in [1.82, 2.24) is 14.6 Å². The summed E-state index contributed by atoms with van der Waals surface area (Å²) in [5, 5.41) is 23.2. The molecule has 1 N–H and O–H groups in total. The SMILES string of the molecule is CC#C[C@@H](CC(=O)O)c1ccc(OCc2cc(-c3ccccc3CC#N)c3nc(C(C)C)nn3c2)cc1. The number of aromatic nitrogens is 3. The lowest BCUT2D eigenvalue weighted by Crippen LogP contribution is -2.05. The molecule has 0 saturated carbocycles. The number of nitriles is 1. The van der Waals surface area contributed by atoms with Crippen molar-refractivity contribution in [3.63, 3.8) is 0 Å². The number of carboxylic acids is 1. The van der Waals surface area contributed by atoms with Gasteiger partial charge in [0.1, 0.15) is 12.4 Å². The van der Waals surface area contributed by atoms with Gasteiger partial charge >= 0.3 is 5.97 Å². The van der Waals surface area contributed by atoms with Gasteiger partial charge in [0.15, 0.2) is 11.5 Å². The minimum atomic E-state index is -0.885. The predicted octanol–water partition coefficient (Wildman–Crippen LogP) is 5.75. The van der Waals surface area contributed by atoms with E-state index in [0.717, 1.165) is 39.3 Å². The summed E-state index contributed by atoms with van der Waals surface area (Å²) in [6, 6.07) is 19.5. The van der Waals surface area contributed by atoms with Crippen molar-refractivity contribution in [2.24, 2.45) is 0 Å². The Morgan fingerprint density at radius 1 is 1.14 bits per heavy atom. The molecule has 7 heteroatoms. The zero-order valence-electron chi connectivity index (χ0n) is 21.1. The van der Waals surface area contributed by atoms with Gasteiger partial charge in [-0.1, -0.05) is 56.2 Å². The molecule has 4 rings (SSSR count). The van der Waals surface area contributed by atoms with Gasteiger partial charge in [0.25, 0.3) is 0 Å². The molecule has 0 radical (unpaired) electrons. The molecule has 0 aliphatic carbocycles. The zero-order chi connectivity index (χ0) is 26.4. The molecule has 2 heterocycles. The summed E-state index contributed by atoms with van der Waals surface area (Å²) in [6.45, 7) is 6.11. The van der Waals surface area contributed by atoms with E-state index in [1.165, 1.54) is 0 Å². The van der Waals surface area contributed by atoms with E-state index < -0.39 is 5.97 Å². The Labute approximate surface area is 216 Å². The Bertz CT molecular complexity index is 1520. The molecule has 2 aromatic carbocycles. The topological polar surface area (TPSA) is 101 Å². The molecule has 0 amide bonds. The normalized spacial score (nSPS) is 11.5. The van der Waals surface area contributed by atoms with Crippen LogP contribution in [0, 0.1) is 23.2 Å². The van der Waals surface area contributed by atoms with Crippen LogP contribution in [0.4, 0.5) is 0 Å². The highest BCUT2D eigenvalue weighted by atomic mass is 16.5. The fourth-order valence-electron chi connectivity index (χ4n) is 4.17. The molecule has 0 spiro atoms. The number of hydrogen-bond acceptors (Lipinski definition) is 5. The Morgan fingerprint density at radius 3 is 2.57 bits per heavy atom. The largest absolute Gasteiger partial charge is 0.489 e. The van der Waals surface area contributed by atoms with Crippen LogP contribution in [-0.2, 0) is 17.8 Å². The average Bonchev–Trinajstić information content (AvgIpc) is 3.32. The van der Waals surface area contributed by atoms with Gasteiger partial charge in [-0.05, 0) is 41.8 Å². The number of fused-ring (bicyclic) bond motifs is 1. The number of aliphatic carboxylic acids is 1. The van der Waals surface area contributed by atoms with Crippen LogP contribution in [0.3, 0.4) is 0 Å². The van der Waals surface area contributed by atoms with Gasteiger partial charge < -0.3 is 9.84 Å². The molecule has 37 heavy (non-hydrogen) atoms. The number of ether oxygens (including phenoxy) is 1. The van der Waals surface area contributed by atoms with E-state index in [-0.39, 0.29) is 18.3 Å². The summed E-state index contributed by atoms with van der Waals surface area (Å²) in [4.78, 5) is 16.0. The predicted molar refractivity (Wildman–Crippen MR) is 141 cm³/mol. The second-order valence-electron chi connectivity index (χ2n) is 9.05. The second kappa shape index (κ2) is 11.4. The second-order valence-corrected chi connectivity index (χ2v) is 9.05. The Balaban J connectivity index is 1.64. The number of hydrogen-bond donors (Lipinski definition) is 1. The van der Waals surface area contributed by atoms with Gasteiger partial charge in [0, 0.05) is 23.2 Å². The standard InChI is InChI=1S/C30H28N4O3/c1-4-7-24(17-28(35)36)22-10-12-25(13-11-22)37-19-21-16-27(26-9-6-5-8-23(26)14-15-31)30-32-29(20(2)3)33-34(30)18-21/h5-6,8-13,16,18,20,24H,14,17,19H2,1-3H3,(H,35,36)/t24-/m0/s1. The molecule has 1 atom stereocenters. The molecule has 2 aromatic heterocycles. The van der Waals surface area contributed by atoms with Crippen LogP contribution in [0.5, 0.6) is 5.75 Å². The lowest BCUT2D eigenvalue weighted by molar-refractivity contribution is -0.137. The minimum Gasteiger partial charge on any atom is -0.489 e. The highest BCUT2D eigenvalue weighted by molar-refractivity contribution is 5.80. The summed E-state index contributed by atoms with van der Waals surface area (Å²) in [5.41, 5.74) is 5.26. The van der Waals surface area contributed by atoms with Crippen molar-refractivity contribution in [1.29, 1.82) is 5.26 Å². The van der Waals surface area contributed by atoms with Gasteiger partial charge in [0.05, 0.1) is 24.8 Å². The third kappa shape index (κ3) is 5.97. The first-order valence-corrected chi connectivity index (χ1v) is 12.1.